The third-order valence-electron chi connectivity index (χ3n) is 3.22. The number of hydrogen-bond donors (Lipinski definition) is 1. The number of aromatic nitrogens is 2. The highest BCUT2D eigenvalue weighted by atomic mass is 32.1. The summed E-state index contributed by atoms with van der Waals surface area (Å²) in [5.41, 5.74) is 0.971. The average Bonchev–Trinajstić information content (AvgIpc) is 3.33. The fraction of sp³-hybridized carbons (Fsp3) is 0.0625. The summed E-state index contributed by atoms with van der Waals surface area (Å²) < 4.78 is 10.6. The van der Waals surface area contributed by atoms with Crippen LogP contribution in [0.25, 0.3) is 12.2 Å². The van der Waals surface area contributed by atoms with E-state index in [9.17, 15) is 4.79 Å². The molecule has 120 valence electrons. The predicted octanol–water partition coefficient (Wildman–Crippen LogP) is 3.75. The number of fused-ring (bicyclic) bond motifs is 1. The van der Waals surface area contributed by atoms with E-state index >= 15 is 0 Å². The van der Waals surface area contributed by atoms with Crippen LogP contribution in [0.4, 0.5) is 5.13 Å². The molecule has 0 bridgehead atoms. The number of nitrogens with zero attached hydrogens (tertiary/aromatic N) is 2. The summed E-state index contributed by atoms with van der Waals surface area (Å²) in [6.45, 7) is 0.256. The van der Waals surface area contributed by atoms with Gasteiger partial charge in [0.1, 0.15) is 5.01 Å². The highest BCUT2D eigenvalue weighted by Gasteiger charge is 2.12. The van der Waals surface area contributed by atoms with Gasteiger partial charge in [-0.1, -0.05) is 29.5 Å². The molecule has 0 saturated heterocycles. The van der Waals surface area contributed by atoms with E-state index in [-0.39, 0.29) is 12.7 Å². The summed E-state index contributed by atoms with van der Waals surface area (Å²) in [7, 11) is 0. The number of carbonyl (C=O) groups is 1. The normalized spacial score (nSPS) is 12.7. The largest absolute Gasteiger partial charge is 0.454 e. The number of benzene rings is 1. The van der Waals surface area contributed by atoms with Gasteiger partial charge in [-0.3, -0.25) is 10.1 Å². The topological polar surface area (TPSA) is 73.3 Å². The predicted molar refractivity (Wildman–Crippen MR) is 93.7 cm³/mol. The molecule has 3 aromatic rings. The molecule has 1 aromatic carbocycles. The molecule has 0 radical (unpaired) electrons. The van der Waals surface area contributed by atoms with Crippen molar-refractivity contribution in [3.63, 3.8) is 0 Å². The molecule has 0 aliphatic carbocycles. The molecule has 0 fully saturated rings. The van der Waals surface area contributed by atoms with Gasteiger partial charge in [0.25, 0.3) is 5.91 Å². The van der Waals surface area contributed by atoms with Gasteiger partial charge in [0.15, 0.2) is 11.5 Å². The van der Waals surface area contributed by atoms with Crippen LogP contribution in [0.15, 0.2) is 35.7 Å². The molecule has 0 unspecified atom stereocenters. The Bertz CT molecular complexity index is 903. The molecule has 1 aliphatic rings. The van der Waals surface area contributed by atoms with Gasteiger partial charge >= 0.3 is 0 Å². The van der Waals surface area contributed by atoms with Crippen molar-refractivity contribution in [3.05, 3.63) is 51.2 Å². The van der Waals surface area contributed by atoms with E-state index in [0.717, 1.165) is 17.1 Å². The van der Waals surface area contributed by atoms with E-state index in [0.29, 0.717) is 15.0 Å². The molecule has 2 aromatic heterocycles. The Hall–Kier alpha value is -2.71. The molecule has 1 amide bonds. The van der Waals surface area contributed by atoms with Crippen LogP contribution in [0.3, 0.4) is 0 Å². The van der Waals surface area contributed by atoms with Crippen molar-refractivity contribution in [2.75, 3.05) is 12.1 Å². The smallest absolute Gasteiger partial charge is 0.267 e. The second-order valence-corrected chi connectivity index (χ2v) is 6.78. The van der Waals surface area contributed by atoms with Gasteiger partial charge in [-0.05, 0) is 35.2 Å². The molecule has 4 rings (SSSR count). The lowest BCUT2D eigenvalue weighted by Gasteiger charge is -1.97. The summed E-state index contributed by atoms with van der Waals surface area (Å²) >= 11 is 2.69. The zero-order chi connectivity index (χ0) is 16.4. The molecule has 3 heterocycles. The van der Waals surface area contributed by atoms with Crippen molar-refractivity contribution < 1.29 is 14.3 Å². The number of thiophene rings is 1. The van der Waals surface area contributed by atoms with Crippen molar-refractivity contribution in [2.24, 2.45) is 0 Å². The number of carbonyl (C=O) groups excluding carboxylic acids is 1. The van der Waals surface area contributed by atoms with Crippen LogP contribution in [0, 0.1) is 0 Å². The molecular weight excluding hydrogens is 346 g/mol. The lowest BCUT2D eigenvalue weighted by molar-refractivity contribution is 0.103. The zero-order valence-electron chi connectivity index (χ0n) is 12.3. The molecule has 1 aliphatic heterocycles. The van der Waals surface area contributed by atoms with Gasteiger partial charge in [-0.15, -0.1) is 21.5 Å². The summed E-state index contributed by atoms with van der Waals surface area (Å²) in [6, 6.07) is 9.30. The summed E-state index contributed by atoms with van der Waals surface area (Å²) in [5.74, 6) is 1.31. The molecule has 1 N–H and O–H groups in total. The van der Waals surface area contributed by atoms with Crippen molar-refractivity contribution >= 4 is 45.9 Å². The molecule has 6 nitrogen and oxygen atoms in total. The quantitative estimate of drug-likeness (QED) is 0.770. The van der Waals surface area contributed by atoms with E-state index in [1.807, 2.05) is 41.8 Å². The van der Waals surface area contributed by atoms with E-state index in [1.165, 1.54) is 22.7 Å². The van der Waals surface area contributed by atoms with Crippen molar-refractivity contribution in [2.45, 2.75) is 0 Å². The van der Waals surface area contributed by atoms with Gasteiger partial charge in [0, 0.05) is 0 Å². The Morgan fingerprint density at radius 2 is 2.08 bits per heavy atom. The molecule has 0 saturated carbocycles. The number of nitrogens with one attached hydrogen (secondary N) is 1. The minimum absolute atomic E-state index is 0.174. The van der Waals surface area contributed by atoms with Crippen LogP contribution in [-0.2, 0) is 0 Å². The van der Waals surface area contributed by atoms with E-state index in [1.54, 1.807) is 6.07 Å². The fourth-order valence-electron chi connectivity index (χ4n) is 2.10. The zero-order valence-corrected chi connectivity index (χ0v) is 13.9. The van der Waals surface area contributed by atoms with Gasteiger partial charge in [-0.2, -0.15) is 0 Å². The first kappa shape index (κ1) is 14.9. The third-order valence-corrected chi connectivity index (χ3v) is 4.89. The van der Waals surface area contributed by atoms with E-state index < -0.39 is 0 Å². The van der Waals surface area contributed by atoms with Crippen LogP contribution in [0.5, 0.6) is 11.5 Å². The Labute approximate surface area is 145 Å². The number of anilines is 1. The maximum Gasteiger partial charge on any atom is 0.267 e. The van der Waals surface area contributed by atoms with Gasteiger partial charge in [0.05, 0.1) is 4.88 Å². The first-order chi connectivity index (χ1) is 11.8. The van der Waals surface area contributed by atoms with Gasteiger partial charge in [-0.25, -0.2) is 0 Å². The highest BCUT2D eigenvalue weighted by Crippen LogP contribution is 2.33. The minimum atomic E-state index is -0.174. The number of amides is 1. The molecule has 24 heavy (non-hydrogen) atoms. The Morgan fingerprint density at radius 1 is 1.17 bits per heavy atom. The van der Waals surface area contributed by atoms with Gasteiger partial charge < -0.3 is 9.47 Å². The lowest BCUT2D eigenvalue weighted by Crippen LogP contribution is -2.09. The fourth-order valence-corrected chi connectivity index (χ4v) is 3.36. The highest BCUT2D eigenvalue weighted by molar-refractivity contribution is 7.16. The van der Waals surface area contributed by atoms with Gasteiger partial charge in [0.2, 0.25) is 11.9 Å². The summed E-state index contributed by atoms with van der Waals surface area (Å²) in [6.07, 6.45) is 3.75. The standard InChI is InChI=1S/C16H11N3O3S2/c20-15(13-2-1-7-23-13)17-16-19-18-14(24-16)6-4-10-3-5-11-12(8-10)22-9-21-11/h1-8H,9H2,(H,17,19,20). The molecule has 8 heteroatoms. The number of ether oxygens (including phenoxy) is 2. The molecular formula is C16H11N3O3S2. The van der Waals surface area contributed by atoms with Crippen molar-refractivity contribution in [3.8, 4) is 11.5 Å². The third kappa shape index (κ3) is 3.15. The number of hydrogen-bond acceptors (Lipinski definition) is 7. The summed E-state index contributed by atoms with van der Waals surface area (Å²) in [4.78, 5) is 12.6. The molecule has 0 spiro atoms. The number of rotatable bonds is 4. The second kappa shape index (κ2) is 6.42. The Kier molecular flexibility index (Phi) is 3.97. The minimum Gasteiger partial charge on any atom is -0.454 e. The second-order valence-electron chi connectivity index (χ2n) is 4.82. The SMILES string of the molecule is O=C(Nc1nnc(C=Cc2ccc3c(c2)OCO3)s1)c1cccs1. The van der Waals surface area contributed by atoms with Crippen LogP contribution >= 0.6 is 22.7 Å². The Morgan fingerprint density at radius 3 is 2.96 bits per heavy atom. The molecule has 0 atom stereocenters. The monoisotopic (exact) mass is 357 g/mol. The lowest BCUT2D eigenvalue weighted by atomic mass is 10.2. The maximum atomic E-state index is 12.0. The Balaban J connectivity index is 1.44. The van der Waals surface area contributed by atoms with E-state index in [2.05, 4.69) is 15.5 Å². The van der Waals surface area contributed by atoms with Crippen LogP contribution in [-0.4, -0.2) is 22.9 Å². The average molecular weight is 357 g/mol. The van der Waals surface area contributed by atoms with Crippen molar-refractivity contribution in [1.29, 1.82) is 0 Å². The first-order valence-electron chi connectivity index (χ1n) is 7.04. The van der Waals surface area contributed by atoms with Crippen LogP contribution < -0.4 is 14.8 Å². The maximum absolute atomic E-state index is 12.0. The van der Waals surface area contributed by atoms with Crippen LogP contribution in [0.2, 0.25) is 0 Å². The first-order valence-corrected chi connectivity index (χ1v) is 8.74. The van der Waals surface area contributed by atoms with Crippen molar-refractivity contribution in [1.82, 2.24) is 10.2 Å². The summed E-state index contributed by atoms with van der Waals surface area (Å²) in [5, 5.41) is 13.8. The van der Waals surface area contributed by atoms with E-state index in [4.69, 9.17) is 9.47 Å². The van der Waals surface area contributed by atoms with Crippen LogP contribution in [0.1, 0.15) is 20.2 Å².